The molecule has 0 heterocycles. The van der Waals surface area contributed by atoms with Gasteiger partial charge in [-0.2, -0.15) is 0 Å². The number of para-hydroxylation sites is 1. The third-order valence-electron chi connectivity index (χ3n) is 2.42. The van der Waals surface area contributed by atoms with Crippen molar-refractivity contribution < 1.29 is 19.1 Å². The number of hydrogen-bond acceptors (Lipinski definition) is 4. The zero-order chi connectivity index (χ0) is 15.9. The maximum absolute atomic E-state index is 11.7. The maximum Gasteiger partial charge on any atom is 0.348 e. The molecule has 116 valence electrons. The molecule has 0 bridgehead atoms. The van der Waals surface area contributed by atoms with Gasteiger partial charge in [0, 0.05) is 5.54 Å². The lowest BCUT2D eigenvalue weighted by molar-refractivity contribution is -0.148. The topological polar surface area (TPSA) is 76.7 Å². The number of urea groups is 1. The molecule has 1 aromatic rings. The lowest BCUT2D eigenvalue weighted by Crippen LogP contribution is -2.50. The van der Waals surface area contributed by atoms with Crippen molar-refractivity contribution >= 4 is 12.0 Å². The van der Waals surface area contributed by atoms with Gasteiger partial charge in [-0.15, -0.1) is 0 Å². The monoisotopic (exact) mass is 294 g/mol. The molecule has 2 amide bonds. The van der Waals surface area contributed by atoms with Crippen LogP contribution in [0.4, 0.5) is 4.79 Å². The van der Waals surface area contributed by atoms with Crippen LogP contribution < -0.4 is 15.4 Å². The number of carbonyl (C=O) groups is 2. The number of hydrogen-bond donors (Lipinski definition) is 2. The summed E-state index contributed by atoms with van der Waals surface area (Å²) < 4.78 is 10.2. The third kappa shape index (κ3) is 6.65. The summed E-state index contributed by atoms with van der Waals surface area (Å²) in [7, 11) is 1.28. The number of carbonyl (C=O) groups excluding carboxylic acids is 2. The van der Waals surface area contributed by atoms with Gasteiger partial charge in [-0.05, 0) is 32.9 Å². The van der Waals surface area contributed by atoms with Crippen molar-refractivity contribution in [3.05, 3.63) is 30.3 Å². The van der Waals surface area contributed by atoms with Crippen molar-refractivity contribution in [2.24, 2.45) is 0 Å². The van der Waals surface area contributed by atoms with Crippen molar-refractivity contribution in [2.75, 3.05) is 13.7 Å². The SMILES string of the molecule is COC(=O)C(CNC(=O)NC(C)(C)C)Oc1ccccc1. The van der Waals surface area contributed by atoms with Crippen LogP contribution in [0.3, 0.4) is 0 Å². The molecule has 1 unspecified atom stereocenters. The Morgan fingerprint density at radius 1 is 1.19 bits per heavy atom. The van der Waals surface area contributed by atoms with Crippen LogP contribution >= 0.6 is 0 Å². The van der Waals surface area contributed by atoms with E-state index < -0.39 is 12.1 Å². The summed E-state index contributed by atoms with van der Waals surface area (Å²) in [6.45, 7) is 5.62. The molecule has 6 nitrogen and oxygen atoms in total. The zero-order valence-corrected chi connectivity index (χ0v) is 12.8. The van der Waals surface area contributed by atoms with Gasteiger partial charge in [-0.1, -0.05) is 18.2 Å². The van der Waals surface area contributed by atoms with Gasteiger partial charge in [0.2, 0.25) is 6.10 Å². The van der Waals surface area contributed by atoms with E-state index in [1.807, 2.05) is 26.8 Å². The van der Waals surface area contributed by atoms with Crippen LogP contribution in [0.5, 0.6) is 5.75 Å². The van der Waals surface area contributed by atoms with Gasteiger partial charge in [0.05, 0.1) is 13.7 Å². The van der Waals surface area contributed by atoms with Crippen LogP contribution in [0.15, 0.2) is 30.3 Å². The minimum absolute atomic E-state index is 0.0173. The van der Waals surface area contributed by atoms with Gasteiger partial charge in [0.15, 0.2) is 0 Å². The molecule has 1 atom stereocenters. The van der Waals surface area contributed by atoms with Crippen molar-refractivity contribution in [3.63, 3.8) is 0 Å². The Morgan fingerprint density at radius 2 is 1.81 bits per heavy atom. The van der Waals surface area contributed by atoms with Gasteiger partial charge in [-0.3, -0.25) is 0 Å². The molecule has 0 saturated carbocycles. The molecule has 1 aromatic carbocycles. The fraction of sp³-hybridized carbons (Fsp3) is 0.467. The molecular formula is C15H22N2O4. The number of esters is 1. The lowest BCUT2D eigenvalue weighted by atomic mass is 10.1. The number of benzene rings is 1. The van der Waals surface area contributed by atoms with E-state index in [4.69, 9.17) is 4.74 Å². The van der Waals surface area contributed by atoms with Gasteiger partial charge in [-0.25, -0.2) is 9.59 Å². The largest absolute Gasteiger partial charge is 0.477 e. The Hall–Kier alpha value is -2.24. The van der Waals surface area contributed by atoms with E-state index in [0.717, 1.165) is 0 Å². The third-order valence-corrected chi connectivity index (χ3v) is 2.42. The molecular weight excluding hydrogens is 272 g/mol. The van der Waals surface area contributed by atoms with E-state index in [-0.39, 0.29) is 18.1 Å². The van der Waals surface area contributed by atoms with Gasteiger partial charge >= 0.3 is 12.0 Å². The number of nitrogens with one attached hydrogen (secondary N) is 2. The van der Waals surface area contributed by atoms with Gasteiger partial charge in [0.25, 0.3) is 0 Å². The summed E-state index contributed by atoms with van der Waals surface area (Å²) in [4.78, 5) is 23.4. The predicted molar refractivity (Wildman–Crippen MR) is 79.2 cm³/mol. The molecule has 0 spiro atoms. The normalized spacial score (nSPS) is 12.2. The van der Waals surface area contributed by atoms with E-state index in [1.54, 1.807) is 24.3 Å². The molecule has 0 aliphatic heterocycles. The van der Waals surface area contributed by atoms with Crippen LogP contribution in [0.2, 0.25) is 0 Å². The highest BCUT2D eigenvalue weighted by Crippen LogP contribution is 2.11. The molecule has 0 aliphatic carbocycles. The minimum atomic E-state index is -0.900. The van der Waals surface area contributed by atoms with Crippen molar-refractivity contribution in [1.82, 2.24) is 10.6 Å². The molecule has 2 N–H and O–H groups in total. The second-order valence-corrected chi connectivity index (χ2v) is 5.53. The Labute approximate surface area is 124 Å². The Morgan fingerprint density at radius 3 is 2.33 bits per heavy atom. The summed E-state index contributed by atoms with van der Waals surface area (Å²) in [5.41, 5.74) is -0.356. The van der Waals surface area contributed by atoms with Crippen LogP contribution in [0.1, 0.15) is 20.8 Å². The van der Waals surface area contributed by atoms with E-state index in [2.05, 4.69) is 15.4 Å². The number of rotatable bonds is 5. The summed E-state index contributed by atoms with van der Waals surface area (Å²) >= 11 is 0. The second kappa shape index (κ2) is 7.52. The first-order chi connectivity index (χ1) is 9.81. The second-order valence-electron chi connectivity index (χ2n) is 5.53. The smallest absolute Gasteiger partial charge is 0.348 e. The number of ether oxygens (including phenoxy) is 2. The summed E-state index contributed by atoms with van der Waals surface area (Å²) in [6, 6.07) is 8.52. The van der Waals surface area contributed by atoms with Crippen LogP contribution in [0, 0.1) is 0 Å². The molecule has 6 heteroatoms. The highest BCUT2D eigenvalue weighted by atomic mass is 16.6. The molecule has 0 radical (unpaired) electrons. The van der Waals surface area contributed by atoms with Crippen molar-refractivity contribution in [2.45, 2.75) is 32.4 Å². The summed E-state index contributed by atoms with van der Waals surface area (Å²) in [6.07, 6.45) is -0.900. The van der Waals surface area contributed by atoms with Gasteiger partial charge < -0.3 is 20.1 Å². The standard InChI is InChI=1S/C15H22N2O4/c1-15(2,3)17-14(19)16-10-12(13(18)20-4)21-11-8-6-5-7-9-11/h5-9,12H,10H2,1-4H3,(H2,16,17,19). The fourth-order valence-electron chi connectivity index (χ4n) is 1.54. The van der Waals surface area contributed by atoms with Gasteiger partial charge in [0.1, 0.15) is 5.75 Å². The first kappa shape index (κ1) is 16.8. The van der Waals surface area contributed by atoms with Crippen LogP contribution in [-0.4, -0.2) is 37.3 Å². The zero-order valence-electron chi connectivity index (χ0n) is 12.8. The minimum Gasteiger partial charge on any atom is -0.477 e. The first-order valence-corrected chi connectivity index (χ1v) is 6.67. The van der Waals surface area contributed by atoms with E-state index in [0.29, 0.717) is 5.75 Å². The van der Waals surface area contributed by atoms with Crippen LogP contribution in [0.25, 0.3) is 0 Å². The first-order valence-electron chi connectivity index (χ1n) is 6.67. The number of amides is 2. The van der Waals surface area contributed by atoms with Crippen molar-refractivity contribution in [3.8, 4) is 5.75 Å². The van der Waals surface area contributed by atoms with E-state index in [1.165, 1.54) is 7.11 Å². The average Bonchev–Trinajstić information content (AvgIpc) is 2.41. The maximum atomic E-state index is 11.7. The van der Waals surface area contributed by atoms with E-state index in [9.17, 15) is 9.59 Å². The molecule has 0 fully saturated rings. The molecule has 1 rings (SSSR count). The summed E-state index contributed by atoms with van der Waals surface area (Å²) in [5.74, 6) is -0.0131. The Bertz CT molecular complexity index is 468. The Balaban J connectivity index is 2.59. The highest BCUT2D eigenvalue weighted by molar-refractivity contribution is 5.78. The van der Waals surface area contributed by atoms with Crippen molar-refractivity contribution in [1.29, 1.82) is 0 Å². The van der Waals surface area contributed by atoms with Crippen LogP contribution in [-0.2, 0) is 9.53 Å². The molecule has 21 heavy (non-hydrogen) atoms. The fourth-order valence-corrected chi connectivity index (χ4v) is 1.54. The average molecular weight is 294 g/mol. The molecule has 0 aliphatic rings. The Kier molecular flexibility index (Phi) is 6.02. The summed E-state index contributed by atoms with van der Waals surface area (Å²) in [5, 5.41) is 5.34. The molecule has 0 saturated heterocycles. The predicted octanol–water partition coefficient (Wildman–Crippen LogP) is 1.70. The number of methoxy groups -OCH3 is 1. The lowest BCUT2D eigenvalue weighted by Gasteiger charge is -2.22. The quantitative estimate of drug-likeness (QED) is 0.810. The highest BCUT2D eigenvalue weighted by Gasteiger charge is 2.23. The molecule has 0 aromatic heterocycles. The van der Waals surface area contributed by atoms with E-state index >= 15 is 0 Å².